The minimum absolute atomic E-state index is 0.0603. The van der Waals surface area contributed by atoms with E-state index in [0.717, 1.165) is 72.7 Å². The van der Waals surface area contributed by atoms with Crippen molar-refractivity contribution in [2.24, 2.45) is 5.92 Å². The summed E-state index contributed by atoms with van der Waals surface area (Å²) >= 11 is 7.11. The molecular weight excluding hydrogens is 1550 g/mol. The Morgan fingerprint density at radius 3 is 1.38 bits per heavy atom. The van der Waals surface area contributed by atoms with Gasteiger partial charge in [-0.05, 0) is 176 Å². The number of pyridine rings is 7. The lowest BCUT2D eigenvalue weighted by molar-refractivity contribution is 0.261. The molecule has 30 heteroatoms. The molecule has 574 valence electrons. The van der Waals surface area contributed by atoms with E-state index in [9.17, 15) is 28.8 Å². The molecule has 17 aromatic heterocycles. The lowest BCUT2D eigenvalue weighted by atomic mass is 10.00. The topological polar surface area (TPSA) is 351 Å². The van der Waals surface area contributed by atoms with Crippen molar-refractivity contribution in [3.05, 3.63) is 289 Å². The minimum atomic E-state index is -0.217. The predicted octanol–water partition coefficient (Wildman–Crippen LogP) is 16.4. The lowest BCUT2D eigenvalue weighted by Crippen LogP contribution is -2.19. The molecule has 0 radical (unpaired) electrons. The van der Waals surface area contributed by atoms with Gasteiger partial charge in [-0.2, -0.15) is 0 Å². The van der Waals surface area contributed by atoms with Crippen molar-refractivity contribution < 1.29 is 4.74 Å². The van der Waals surface area contributed by atoms with E-state index in [1.54, 1.807) is 67.6 Å². The van der Waals surface area contributed by atoms with Crippen LogP contribution in [0.25, 0.3) is 142 Å². The Kier molecular flexibility index (Phi) is 23.8. The molecule has 115 heavy (non-hydrogen) atoms. The predicted molar refractivity (Wildman–Crippen MR) is 461 cm³/mol. The summed E-state index contributed by atoms with van der Waals surface area (Å²) in [6.45, 7) is 7.78. The summed E-state index contributed by atoms with van der Waals surface area (Å²) in [5.41, 5.74) is 13.7. The van der Waals surface area contributed by atoms with Gasteiger partial charge >= 0.3 is 0 Å². The smallest absolute Gasteiger partial charge is 0.269 e. The van der Waals surface area contributed by atoms with Crippen LogP contribution in [0, 0.1) is 12.8 Å². The number of nitrogens with zero attached hydrogens (tertiary/aromatic N) is 12. The van der Waals surface area contributed by atoms with E-state index in [4.69, 9.17) is 14.7 Å². The van der Waals surface area contributed by atoms with Crippen molar-refractivity contribution in [3.63, 3.8) is 0 Å². The van der Waals surface area contributed by atoms with Crippen molar-refractivity contribution in [2.75, 3.05) is 27.2 Å². The molecule has 0 spiro atoms. The Labute approximate surface area is 674 Å². The highest BCUT2D eigenvalue weighted by Gasteiger charge is 2.24. The molecule has 0 atom stereocenters. The first-order valence-corrected chi connectivity index (χ1v) is 41.0. The molecule has 0 unspecified atom stereocenters. The van der Waals surface area contributed by atoms with Gasteiger partial charge in [0.05, 0.1) is 33.3 Å². The van der Waals surface area contributed by atoms with E-state index in [1.807, 2.05) is 152 Å². The number of aromatic amines is 6. The first-order chi connectivity index (χ1) is 56.0. The van der Waals surface area contributed by atoms with Crippen LogP contribution in [0.5, 0.6) is 5.75 Å². The number of aromatic nitrogens is 17. The second-order valence-electron chi connectivity index (χ2n) is 27.2. The van der Waals surface area contributed by atoms with Crippen molar-refractivity contribution in [3.8, 4) is 96.9 Å². The number of likely N-dealkylation sites (N-methyl/N-ethyl adjacent to an activating group) is 1. The number of fused-ring (bicyclic) bond motifs is 5. The Balaban J connectivity index is 0.000000114. The number of benzene rings is 1. The van der Waals surface area contributed by atoms with Crippen molar-refractivity contribution in [2.45, 2.75) is 58.8 Å². The Hall–Kier alpha value is -13.0. The Bertz CT molecular complexity index is 6820. The first kappa shape index (κ1) is 77.4. The van der Waals surface area contributed by atoms with Crippen LogP contribution in [-0.4, -0.2) is 117 Å². The van der Waals surface area contributed by atoms with Gasteiger partial charge in [0.15, 0.2) is 29.1 Å². The second-order valence-corrected chi connectivity index (χ2v) is 32.0. The van der Waals surface area contributed by atoms with Crippen LogP contribution in [0.1, 0.15) is 61.5 Å². The molecule has 1 aliphatic carbocycles. The molecule has 6 N–H and O–H groups in total. The average molecular weight is 1620 g/mol. The van der Waals surface area contributed by atoms with Crippen LogP contribution >= 0.6 is 56.7 Å². The third kappa shape index (κ3) is 17.8. The highest BCUT2D eigenvalue weighted by Crippen LogP contribution is 2.41. The number of H-pyrrole nitrogens is 6. The molecule has 18 aromatic rings. The van der Waals surface area contributed by atoms with Gasteiger partial charge in [0.2, 0.25) is 5.56 Å². The summed E-state index contributed by atoms with van der Waals surface area (Å²) in [4.78, 5) is 142. The van der Waals surface area contributed by atoms with E-state index < -0.39 is 0 Å². The summed E-state index contributed by atoms with van der Waals surface area (Å²) in [7, 11) is 4.03. The van der Waals surface area contributed by atoms with Gasteiger partial charge < -0.3 is 39.5 Å². The summed E-state index contributed by atoms with van der Waals surface area (Å²) < 4.78 is 9.03. The van der Waals surface area contributed by atoms with Crippen LogP contribution in [0.2, 0.25) is 0 Å². The van der Waals surface area contributed by atoms with E-state index in [0.29, 0.717) is 117 Å². The normalized spacial score (nSPS) is 12.0. The minimum Gasteiger partial charge on any atom is -0.492 e. The molecule has 0 aliphatic heterocycles. The molecule has 1 aliphatic rings. The van der Waals surface area contributed by atoms with Gasteiger partial charge in [0, 0.05) is 88.3 Å². The molecule has 0 bridgehead atoms. The van der Waals surface area contributed by atoms with Crippen molar-refractivity contribution in [1.82, 2.24) is 89.6 Å². The second kappa shape index (κ2) is 35.4. The zero-order valence-corrected chi connectivity index (χ0v) is 66.7. The molecule has 25 nitrogen and oxygen atoms in total. The largest absolute Gasteiger partial charge is 0.492 e. The average Bonchev–Trinajstić information content (AvgIpc) is 1.68. The number of ether oxygens (including phenoxy) is 1. The van der Waals surface area contributed by atoms with Gasteiger partial charge in [0.1, 0.15) is 64.3 Å². The van der Waals surface area contributed by atoms with Crippen molar-refractivity contribution >= 4 is 108 Å². The number of thiophene rings is 5. The summed E-state index contributed by atoms with van der Waals surface area (Å²) in [5, 5.41) is 7.94. The van der Waals surface area contributed by atoms with Gasteiger partial charge in [-0.25, -0.2) is 24.9 Å². The van der Waals surface area contributed by atoms with E-state index >= 15 is 0 Å². The first-order valence-electron chi connectivity index (χ1n) is 36.7. The quantitative estimate of drug-likeness (QED) is 0.0555. The fourth-order valence-corrected chi connectivity index (χ4v) is 17.8. The summed E-state index contributed by atoms with van der Waals surface area (Å²) in [5.74, 6) is 4.34. The monoisotopic (exact) mass is 1620 g/mol. The molecule has 1 fully saturated rings. The lowest BCUT2D eigenvalue weighted by Gasteiger charge is -2.11. The third-order valence-corrected chi connectivity index (χ3v) is 23.5. The van der Waals surface area contributed by atoms with Crippen molar-refractivity contribution in [1.29, 1.82) is 0 Å². The molecule has 0 amide bonds. The van der Waals surface area contributed by atoms with E-state index in [2.05, 4.69) is 98.9 Å². The zero-order valence-electron chi connectivity index (χ0n) is 62.6. The van der Waals surface area contributed by atoms with Gasteiger partial charge in [-0.3, -0.25) is 58.7 Å². The van der Waals surface area contributed by atoms with Gasteiger partial charge in [-0.1, -0.05) is 75.2 Å². The molecule has 0 saturated heterocycles. The fourth-order valence-electron chi connectivity index (χ4n) is 13.1. The maximum Gasteiger partial charge on any atom is 0.269 e. The molecule has 17 heterocycles. The Morgan fingerprint density at radius 1 is 0.443 bits per heavy atom. The highest BCUT2D eigenvalue weighted by atomic mass is 32.1. The summed E-state index contributed by atoms with van der Waals surface area (Å²) in [6.07, 6.45) is 17.8. The number of nitrogens with one attached hydrogen (secondary N) is 6. The molecule has 1 aromatic carbocycles. The number of aryl methyl sites for hydroxylation is 1. The van der Waals surface area contributed by atoms with Crippen LogP contribution in [0.15, 0.2) is 239 Å². The maximum absolute atomic E-state index is 12.5. The summed E-state index contributed by atoms with van der Waals surface area (Å²) in [6, 6.07) is 44.3. The number of hydrogen-bond acceptors (Lipinski definition) is 24. The standard InChI is InChI=1S/C21H20N4O2S.C17H12N4OS.C16H10N4O2S.C16H15N3OS.C15H15N3OS/c1-25(2)10-11-27-15-7-5-6-14(12-15)16-13-28-19-18(16)23-20(24-21(19)26)17-8-3-4-9-22-17;1-10-13(11-5-8-18-9-6-11)14-15(23-10)17(22)21-16(20-14)12-4-2-3-7-19-12;21-12-6-3-5-10(18-12)9-8-23-14-13(9)19-15(20-16(14)22)11-4-1-2-7-17-11;20-16-14-13(11(9-21-14)10-5-1-2-6-10)18-15(19-16)12-7-3-4-8-17-12;1-9(2)7-10-8-20-13-12(10)17-14(18-15(13)19)11-5-3-4-6-16-11/h3-9,12-13H,10-11H2,1-2H3,(H,23,24,26);2-9H,1H3,(H,20,21,22);1-8H,(H,18,21)(H,19,20,22);3-4,7-10H,1-2,5-6H2,(H,18,19,20);3-6,8-9H,7H2,1-2H3,(H,17,18,19). The van der Waals surface area contributed by atoms with Gasteiger partial charge in [-0.15, -0.1) is 56.7 Å². The van der Waals surface area contributed by atoms with Crippen LogP contribution < -0.4 is 38.1 Å². The molecule has 19 rings (SSSR count). The number of rotatable bonds is 15. The van der Waals surface area contributed by atoms with E-state index in [1.165, 1.54) is 94.0 Å². The third-order valence-electron chi connectivity index (χ3n) is 18.5. The fraction of sp³-hybridized carbons (Fsp3) is 0.165. The maximum atomic E-state index is 12.5. The van der Waals surface area contributed by atoms with Crippen LogP contribution in [-0.2, 0) is 6.42 Å². The highest BCUT2D eigenvalue weighted by molar-refractivity contribution is 7.19. The number of hydrogen-bond donors (Lipinski definition) is 6. The van der Waals surface area contributed by atoms with E-state index in [-0.39, 0.29) is 33.4 Å². The van der Waals surface area contributed by atoms with Crippen LogP contribution in [0.3, 0.4) is 0 Å². The Morgan fingerprint density at radius 2 is 0.887 bits per heavy atom. The van der Waals surface area contributed by atoms with Gasteiger partial charge in [0.25, 0.3) is 27.8 Å². The zero-order chi connectivity index (χ0) is 79.5. The molecular formula is C85H72N18O7S5. The molecule has 1 saturated carbocycles. The SMILES string of the molecule is CC(C)Cc1csc2c(=O)[nH]c(-c3ccccn3)nc12.CN(C)CCOc1cccc(-c2csc3c(=O)[nH]c(-c4ccccn4)nc23)c1.Cc1sc2c(=O)[nH]c(-c3ccccn3)nc2c1-c1ccncc1.O=c1[nH]c(-c2ccccn2)nc2c(C3CCCC3)csc12.O=c1cccc(-c2csc3c(=O)[nH]c(-c4ccccn4)nc23)[nH]1. The van der Waals surface area contributed by atoms with Crippen LogP contribution in [0.4, 0.5) is 0 Å².